The molecule has 5 nitrogen and oxygen atoms in total. The molecule has 0 aliphatic heterocycles. The third-order valence-corrected chi connectivity index (χ3v) is 2.93. The van der Waals surface area contributed by atoms with Crippen LogP contribution in [0.15, 0.2) is 54.6 Å². The van der Waals surface area contributed by atoms with Crippen molar-refractivity contribution in [3.8, 4) is 6.07 Å². The lowest BCUT2D eigenvalue weighted by atomic mass is 10.1. The minimum Gasteiger partial charge on any atom is -0.479 e. The van der Waals surface area contributed by atoms with Crippen molar-refractivity contribution in [3.05, 3.63) is 71.3 Å². The number of rotatable bonds is 4. The average Bonchev–Trinajstić information content (AvgIpc) is 2.53. The van der Waals surface area contributed by atoms with Crippen LogP contribution in [0.25, 0.3) is 0 Å². The number of carbonyl (C=O) groups is 2. The first-order chi connectivity index (χ1) is 10.1. The van der Waals surface area contributed by atoms with Crippen molar-refractivity contribution in [2.75, 3.05) is 0 Å². The van der Waals surface area contributed by atoms with E-state index in [0.717, 1.165) is 0 Å². The topological polar surface area (TPSA) is 90.2 Å². The van der Waals surface area contributed by atoms with Crippen molar-refractivity contribution in [1.82, 2.24) is 5.32 Å². The highest BCUT2D eigenvalue weighted by atomic mass is 16.4. The summed E-state index contributed by atoms with van der Waals surface area (Å²) in [6, 6.07) is 15.3. The highest BCUT2D eigenvalue weighted by molar-refractivity contribution is 5.96. The Morgan fingerprint density at radius 1 is 1.05 bits per heavy atom. The first kappa shape index (κ1) is 14.3. The molecule has 0 unspecified atom stereocenters. The number of nitrogens with one attached hydrogen (secondary N) is 1. The molecule has 0 aliphatic carbocycles. The lowest BCUT2D eigenvalue weighted by Crippen LogP contribution is -2.33. The SMILES string of the molecule is N#Cc1ccc(C(=O)N[C@H](C(=O)O)c2ccccc2)cc1. The number of aliphatic carboxylic acids is 1. The van der Waals surface area contributed by atoms with Gasteiger partial charge in [0, 0.05) is 5.56 Å². The number of nitriles is 1. The van der Waals surface area contributed by atoms with Gasteiger partial charge in [-0.25, -0.2) is 4.79 Å². The second-order valence-electron chi connectivity index (χ2n) is 4.34. The highest BCUT2D eigenvalue weighted by Crippen LogP contribution is 2.14. The first-order valence-corrected chi connectivity index (χ1v) is 6.20. The number of nitrogens with zero attached hydrogens (tertiary/aromatic N) is 1. The molecule has 0 heterocycles. The summed E-state index contributed by atoms with van der Waals surface area (Å²) >= 11 is 0. The van der Waals surface area contributed by atoms with Crippen LogP contribution in [0.2, 0.25) is 0 Å². The van der Waals surface area contributed by atoms with Crippen LogP contribution in [0.1, 0.15) is 27.5 Å². The molecule has 2 rings (SSSR count). The van der Waals surface area contributed by atoms with Gasteiger partial charge in [-0.05, 0) is 29.8 Å². The van der Waals surface area contributed by atoms with Crippen LogP contribution in [0.4, 0.5) is 0 Å². The van der Waals surface area contributed by atoms with Crippen LogP contribution in [0.3, 0.4) is 0 Å². The molecule has 0 spiro atoms. The van der Waals surface area contributed by atoms with Gasteiger partial charge in [-0.3, -0.25) is 4.79 Å². The van der Waals surface area contributed by atoms with Crippen molar-refractivity contribution in [3.63, 3.8) is 0 Å². The van der Waals surface area contributed by atoms with Crippen molar-refractivity contribution in [2.45, 2.75) is 6.04 Å². The van der Waals surface area contributed by atoms with E-state index < -0.39 is 17.9 Å². The minimum atomic E-state index is -1.14. The molecule has 0 aromatic heterocycles. The molecular formula is C16H12N2O3. The third kappa shape index (κ3) is 3.45. The van der Waals surface area contributed by atoms with Crippen LogP contribution in [-0.4, -0.2) is 17.0 Å². The molecular weight excluding hydrogens is 268 g/mol. The number of carboxylic acids is 1. The van der Waals surface area contributed by atoms with Crippen LogP contribution in [0, 0.1) is 11.3 Å². The predicted octanol–water partition coefficient (Wildman–Crippen LogP) is 2.11. The monoisotopic (exact) mass is 280 g/mol. The van der Waals surface area contributed by atoms with E-state index in [2.05, 4.69) is 5.32 Å². The minimum absolute atomic E-state index is 0.302. The van der Waals surface area contributed by atoms with Gasteiger partial charge in [-0.2, -0.15) is 5.26 Å². The Kier molecular flexibility index (Phi) is 4.32. The molecule has 21 heavy (non-hydrogen) atoms. The van der Waals surface area contributed by atoms with Gasteiger partial charge >= 0.3 is 5.97 Å². The molecule has 0 saturated carbocycles. The summed E-state index contributed by atoms with van der Waals surface area (Å²) in [5, 5.41) is 20.4. The summed E-state index contributed by atoms with van der Waals surface area (Å²) in [6.45, 7) is 0. The van der Waals surface area contributed by atoms with E-state index >= 15 is 0 Å². The van der Waals surface area contributed by atoms with Crippen molar-refractivity contribution >= 4 is 11.9 Å². The smallest absolute Gasteiger partial charge is 0.330 e. The summed E-state index contributed by atoms with van der Waals surface area (Å²) in [4.78, 5) is 23.4. The molecule has 2 aromatic rings. The van der Waals surface area contributed by atoms with Gasteiger partial charge in [0.15, 0.2) is 6.04 Å². The molecule has 1 atom stereocenters. The number of carbonyl (C=O) groups excluding carboxylic acids is 1. The van der Waals surface area contributed by atoms with E-state index in [1.54, 1.807) is 30.3 Å². The van der Waals surface area contributed by atoms with E-state index in [-0.39, 0.29) is 0 Å². The van der Waals surface area contributed by atoms with E-state index in [4.69, 9.17) is 5.26 Å². The zero-order chi connectivity index (χ0) is 15.2. The van der Waals surface area contributed by atoms with Crippen molar-refractivity contribution in [2.24, 2.45) is 0 Å². The third-order valence-electron chi connectivity index (χ3n) is 2.93. The lowest BCUT2D eigenvalue weighted by Gasteiger charge is -2.14. The number of carboxylic acid groups (broad SMARTS) is 1. The Morgan fingerprint density at radius 3 is 2.19 bits per heavy atom. The molecule has 0 saturated heterocycles. The number of benzene rings is 2. The van der Waals surface area contributed by atoms with Crippen LogP contribution in [-0.2, 0) is 4.79 Å². The van der Waals surface area contributed by atoms with Gasteiger partial charge < -0.3 is 10.4 Å². The Labute approximate surface area is 121 Å². The number of amides is 1. The zero-order valence-corrected chi connectivity index (χ0v) is 11.0. The second-order valence-corrected chi connectivity index (χ2v) is 4.34. The summed E-state index contributed by atoms with van der Waals surface area (Å²) in [6.07, 6.45) is 0. The van der Waals surface area contributed by atoms with Crippen LogP contribution < -0.4 is 5.32 Å². The molecule has 2 N–H and O–H groups in total. The summed E-state index contributed by atoms with van der Waals surface area (Å²) in [5.74, 6) is -1.64. The Morgan fingerprint density at radius 2 is 1.67 bits per heavy atom. The predicted molar refractivity (Wildman–Crippen MR) is 75.4 cm³/mol. The van der Waals surface area contributed by atoms with Gasteiger partial charge in [-0.1, -0.05) is 30.3 Å². The zero-order valence-electron chi connectivity index (χ0n) is 11.0. The van der Waals surface area contributed by atoms with Gasteiger partial charge in [0.2, 0.25) is 0 Å². The molecule has 0 radical (unpaired) electrons. The Balaban J connectivity index is 2.19. The normalized spacial score (nSPS) is 11.2. The maximum absolute atomic E-state index is 12.1. The maximum atomic E-state index is 12.1. The molecule has 5 heteroatoms. The lowest BCUT2D eigenvalue weighted by molar-refractivity contribution is -0.139. The van der Waals surface area contributed by atoms with Gasteiger partial charge in [0.1, 0.15) is 0 Å². The fourth-order valence-electron chi connectivity index (χ4n) is 1.84. The van der Waals surface area contributed by atoms with Crippen molar-refractivity contribution in [1.29, 1.82) is 5.26 Å². The maximum Gasteiger partial charge on any atom is 0.330 e. The van der Waals surface area contributed by atoms with Crippen LogP contribution in [0.5, 0.6) is 0 Å². The first-order valence-electron chi connectivity index (χ1n) is 6.20. The molecule has 1 amide bonds. The van der Waals surface area contributed by atoms with E-state index in [1.807, 2.05) is 6.07 Å². The summed E-state index contributed by atoms with van der Waals surface area (Å²) in [5.41, 5.74) is 1.23. The van der Waals surface area contributed by atoms with Gasteiger partial charge in [-0.15, -0.1) is 0 Å². The Bertz CT molecular complexity index is 688. The fraction of sp³-hybridized carbons (Fsp3) is 0.0625. The van der Waals surface area contributed by atoms with Crippen molar-refractivity contribution < 1.29 is 14.7 Å². The standard InChI is InChI=1S/C16H12N2O3/c17-10-11-6-8-13(9-7-11)15(19)18-14(16(20)21)12-4-2-1-3-5-12/h1-9,14H,(H,18,19)(H,20,21)/t14-/m0/s1. The largest absolute Gasteiger partial charge is 0.479 e. The number of hydrogen-bond donors (Lipinski definition) is 2. The fourth-order valence-corrected chi connectivity index (χ4v) is 1.84. The van der Waals surface area contributed by atoms with E-state index in [0.29, 0.717) is 16.7 Å². The summed E-state index contributed by atoms with van der Waals surface area (Å²) < 4.78 is 0. The molecule has 2 aromatic carbocycles. The number of hydrogen-bond acceptors (Lipinski definition) is 3. The highest BCUT2D eigenvalue weighted by Gasteiger charge is 2.22. The van der Waals surface area contributed by atoms with Crippen LogP contribution >= 0.6 is 0 Å². The summed E-state index contributed by atoms with van der Waals surface area (Å²) in [7, 11) is 0. The average molecular weight is 280 g/mol. The Hall–Kier alpha value is -3.13. The molecule has 104 valence electrons. The molecule has 0 bridgehead atoms. The quantitative estimate of drug-likeness (QED) is 0.897. The van der Waals surface area contributed by atoms with Gasteiger partial charge in [0.05, 0.1) is 11.6 Å². The van der Waals surface area contributed by atoms with E-state index in [1.165, 1.54) is 24.3 Å². The van der Waals surface area contributed by atoms with E-state index in [9.17, 15) is 14.7 Å². The van der Waals surface area contributed by atoms with Gasteiger partial charge in [0.25, 0.3) is 5.91 Å². The molecule has 0 aliphatic rings. The second kappa shape index (κ2) is 6.35. The molecule has 0 fully saturated rings.